The maximum Gasteiger partial charge on any atom is 0.0858 e. The van der Waals surface area contributed by atoms with Crippen molar-refractivity contribution in [3.63, 3.8) is 0 Å². The van der Waals surface area contributed by atoms with Crippen LogP contribution in [0.25, 0.3) is 0 Å². The van der Waals surface area contributed by atoms with Gasteiger partial charge in [-0.1, -0.05) is 31.9 Å². The van der Waals surface area contributed by atoms with E-state index in [9.17, 15) is 5.11 Å². The first-order valence-corrected chi connectivity index (χ1v) is 8.28. The Bertz CT molecular complexity index is 516. The van der Waals surface area contributed by atoms with Crippen molar-refractivity contribution in [2.75, 3.05) is 25.0 Å². The van der Waals surface area contributed by atoms with E-state index in [2.05, 4.69) is 37.1 Å². The van der Waals surface area contributed by atoms with Gasteiger partial charge in [0.15, 0.2) is 0 Å². The van der Waals surface area contributed by atoms with Crippen LogP contribution in [0.15, 0.2) is 18.2 Å². The van der Waals surface area contributed by atoms with Crippen molar-refractivity contribution in [1.82, 2.24) is 0 Å². The third kappa shape index (κ3) is 2.58. The van der Waals surface area contributed by atoms with E-state index in [-0.39, 0.29) is 5.41 Å². The van der Waals surface area contributed by atoms with Crippen LogP contribution in [0, 0.1) is 11.3 Å². The minimum Gasteiger partial charge on any atom is -0.388 e. The van der Waals surface area contributed by atoms with Crippen LogP contribution in [0.4, 0.5) is 5.69 Å². The number of fused-ring (bicyclic) bond motifs is 1. The number of likely N-dealkylation sites (N-methyl/N-ethyl adjacent to an activating group) is 1. The fourth-order valence-electron chi connectivity index (χ4n) is 4.36. The molecule has 0 spiro atoms. The van der Waals surface area contributed by atoms with Crippen LogP contribution >= 0.6 is 0 Å². The lowest BCUT2D eigenvalue weighted by atomic mass is 9.65. The normalized spacial score (nSPS) is 30.3. The van der Waals surface area contributed by atoms with Gasteiger partial charge in [-0.15, -0.1) is 0 Å². The van der Waals surface area contributed by atoms with Crippen molar-refractivity contribution in [2.45, 2.75) is 45.1 Å². The van der Waals surface area contributed by atoms with E-state index < -0.39 is 6.10 Å². The second-order valence-electron chi connectivity index (χ2n) is 7.23. The molecule has 116 valence electrons. The molecule has 2 aliphatic rings. The number of benzene rings is 1. The highest BCUT2D eigenvalue weighted by Gasteiger charge is 2.41. The SMILES string of the molecule is CC1CCCC(CN)(C(O)c2ccc3c(c2)CCN3C)C1. The summed E-state index contributed by atoms with van der Waals surface area (Å²) >= 11 is 0. The lowest BCUT2D eigenvalue weighted by molar-refractivity contribution is -0.0130. The van der Waals surface area contributed by atoms with E-state index in [0.29, 0.717) is 12.5 Å². The number of aliphatic hydroxyl groups is 1. The topological polar surface area (TPSA) is 49.5 Å². The molecule has 1 aromatic carbocycles. The molecule has 3 rings (SSSR count). The molecule has 3 unspecified atom stereocenters. The summed E-state index contributed by atoms with van der Waals surface area (Å²) in [6, 6.07) is 6.47. The Balaban J connectivity index is 1.88. The van der Waals surface area contributed by atoms with E-state index >= 15 is 0 Å². The van der Waals surface area contributed by atoms with Gasteiger partial charge in [-0.3, -0.25) is 0 Å². The minimum absolute atomic E-state index is 0.129. The van der Waals surface area contributed by atoms with Gasteiger partial charge in [0.25, 0.3) is 0 Å². The summed E-state index contributed by atoms with van der Waals surface area (Å²) in [5, 5.41) is 11.0. The van der Waals surface area contributed by atoms with Crippen LogP contribution in [0.1, 0.15) is 49.8 Å². The molecule has 3 atom stereocenters. The first kappa shape index (κ1) is 14.9. The van der Waals surface area contributed by atoms with Gasteiger partial charge in [-0.05, 0) is 42.4 Å². The average Bonchev–Trinajstić information content (AvgIpc) is 2.87. The fourth-order valence-corrected chi connectivity index (χ4v) is 4.36. The molecule has 0 aromatic heterocycles. The van der Waals surface area contributed by atoms with E-state index in [1.54, 1.807) is 0 Å². The molecule has 1 aliphatic carbocycles. The molecule has 0 bridgehead atoms. The van der Waals surface area contributed by atoms with Crippen LogP contribution in [0.3, 0.4) is 0 Å². The van der Waals surface area contributed by atoms with E-state index in [1.807, 2.05) is 0 Å². The second-order valence-corrected chi connectivity index (χ2v) is 7.23. The van der Waals surface area contributed by atoms with Crippen molar-refractivity contribution >= 4 is 5.69 Å². The summed E-state index contributed by atoms with van der Waals surface area (Å²) in [6.07, 6.45) is 5.19. The van der Waals surface area contributed by atoms with Gasteiger partial charge in [0, 0.05) is 31.2 Å². The molecular formula is C18H28N2O. The lowest BCUT2D eigenvalue weighted by Gasteiger charge is -2.43. The summed E-state index contributed by atoms with van der Waals surface area (Å²) in [7, 11) is 2.13. The number of rotatable bonds is 3. The molecule has 1 aromatic rings. The Kier molecular flexibility index (Phi) is 3.98. The predicted molar refractivity (Wildman–Crippen MR) is 87.5 cm³/mol. The van der Waals surface area contributed by atoms with Gasteiger partial charge in [0.2, 0.25) is 0 Å². The van der Waals surface area contributed by atoms with Gasteiger partial charge in [-0.2, -0.15) is 0 Å². The molecule has 3 nitrogen and oxygen atoms in total. The Hall–Kier alpha value is -1.06. The van der Waals surface area contributed by atoms with Crippen LogP contribution < -0.4 is 10.6 Å². The van der Waals surface area contributed by atoms with Gasteiger partial charge >= 0.3 is 0 Å². The highest BCUT2D eigenvalue weighted by molar-refractivity contribution is 5.58. The molecule has 0 amide bonds. The van der Waals surface area contributed by atoms with Crippen molar-refractivity contribution in [2.24, 2.45) is 17.1 Å². The monoisotopic (exact) mass is 288 g/mol. The van der Waals surface area contributed by atoms with E-state index in [4.69, 9.17) is 5.73 Å². The molecular weight excluding hydrogens is 260 g/mol. The van der Waals surface area contributed by atoms with Crippen molar-refractivity contribution in [1.29, 1.82) is 0 Å². The summed E-state index contributed by atoms with van der Waals surface area (Å²) in [5.74, 6) is 0.664. The Morgan fingerprint density at radius 2 is 2.29 bits per heavy atom. The van der Waals surface area contributed by atoms with Crippen LogP contribution in [0.2, 0.25) is 0 Å². The smallest absolute Gasteiger partial charge is 0.0858 e. The summed E-state index contributed by atoms with van der Waals surface area (Å²) in [5.41, 5.74) is 9.71. The molecule has 21 heavy (non-hydrogen) atoms. The number of nitrogens with zero attached hydrogens (tertiary/aromatic N) is 1. The summed E-state index contributed by atoms with van der Waals surface area (Å²) in [4.78, 5) is 2.28. The largest absolute Gasteiger partial charge is 0.388 e. The van der Waals surface area contributed by atoms with E-state index in [1.165, 1.54) is 24.1 Å². The maximum absolute atomic E-state index is 11.0. The standard InChI is InChI=1S/C18H28N2O/c1-13-4-3-8-18(11-13,12-19)17(21)15-5-6-16-14(10-15)7-9-20(16)2/h5-6,10,13,17,21H,3-4,7-9,11-12,19H2,1-2H3. The number of anilines is 1. The molecule has 1 aliphatic heterocycles. The van der Waals surface area contributed by atoms with Gasteiger partial charge in [0.1, 0.15) is 0 Å². The lowest BCUT2D eigenvalue weighted by Crippen LogP contribution is -2.40. The zero-order chi connectivity index (χ0) is 15.0. The number of hydrogen-bond acceptors (Lipinski definition) is 3. The molecule has 1 saturated carbocycles. The Labute approximate surface area is 128 Å². The number of nitrogens with two attached hydrogens (primary N) is 1. The van der Waals surface area contributed by atoms with Crippen molar-refractivity contribution in [3.8, 4) is 0 Å². The van der Waals surface area contributed by atoms with Crippen molar-refractivity contribution in [3.05, 3.63) is 29.3 Å². The second kappa shape index (κ2) is 5.62. The van der Waals surface area contributed by atoms with Crippen LogP contribution in [-0.4, -0.2) is 25.2 Å². The first-order valence-electron chi connectivity index (χ1n) is 8.28. The third-order valence-corrected chi connectivity index (χ3v) is 5.66. The van der Waals surface area contributed by atoms with Gasteiger partial charge in [0.05, 0.1) is 6.10 Å². The summed E-state index contributed by atoms with van der Waals surface area (Å²) < 4.78 is 0. The highest BCUT2D eigenvalue weighted by atomic mass is 16.3. The number of aliphatic hydroxyl groups excluding tert-OH is 1. The average molecular weight is 288 g/mol. The van der Waals surface area contributed by atoms with Crippen molar-refractivity contribution < 1.29 is 5.11 Å². The molecule has 0 saturated heterocycles. The van der Waals surface area contributed by atoms with Gasteiger partial charge < -0.3 is 15.7 Å². The third-order valence-electron chi connectivity index (χ3n) is 5.66. The number of hydrogen-bond donors (Lipinski definition) is 2. The highest BCUT2D eigenvalue weighted by Crippen LogP contribution is 2.47. The molecule has 3 heteroatoms. The zero-order valence-electron chi connectivity index (χ0n) is 13.3. The van der Waals surface area contributed by atoms with Crippen LogP contribution in [-0.2, 0) is 6.42 Å². The minimum atomic E-state index is -0.429. The predicted octanol–water partition coefficient (Wildman–Crippen LogP) is 2.87. The zero-order valence-corrected chi connectivity index (χ0v) is 13.3. The quantitative estimate of drug-likeness (QED) is 0.899. The summed E-state index contributed by atoms with van der Waals surface area (Å²) in [6.45, 7) is 3.94. The molecule has 0 radical (unpaired) electrons. The Morgan fingerprint density at radius 3 is 3.00 bits per heavy atom. The molecule has 3 N–H and O–H groups in total. The van der Waals surface area contributed by atoms with Gasteiger partial charge in [-0.25, -0.2) is 0 Å². The maximum atomic E-state index is 11.0. The first-order chi connectivity index (χ1) is 10.1. The van der Waals surface area contributed by atoms with E-state index in [0.717, 1.165) is 31.4 Å². The molecule has 1 heterocycles. The molecule has 1 fully saturated rings. The van der Waals surface area contributed by atoms with Crippen LogP contribution in [0.5, 0.6) is 0 Å². The fraction of sp³-hybridized carbons (Fsp3) is 0.667. The Morgan fingerprint density at radius 1 is 1.48 bits per heavy atom.